The Hall–Kier alpha value is -8.38. The first-order valence-corrected chi connectivity index (χ1v) is 23.9. The lowest BCUT2D eigenvalue weighted by molar-refractivity contribution is 0.774. The Bertz CT molecular complexity index is 3500. The first kappa shape index (κ1) is 50.5. The minimum absolute atomic E-state index is 0.162. The van der Waals surface area contributed by atoms with Gasteiger partial charge in [0.2, 0.25) is 0 Å². The summed E-state index contributed by atoms with van der Waals surface area (Å²) in [6, 6.07) is 64.0. The van der Waals surface area contributed by atoms with Gasteiger partial charge in [-0.05, 0) is 143 Å². The molecule has 1 aliphatic rings. The summed E-state index contributed by atoms with van der Waals surface area (Å²) in [4.78, 5) is 0. The maximum Gasteiger partial charge on any atom is 0.0784 e. The fourth-order valence-electron chi connectivity index (χ4n) is 8.78. The average molecular weight is 925 g/mol. The van der Waals surface area contributed by atoms with Crippen LogP contribution in [0.4, 0.5) is 0 Å². The van der Waals surface area contributed by atoms with Crippen LogP contribution in [0.5, 0.6) is 0 Å². The highest BCUT2D eigenvalue weighted by Crippen LogP contribution is 2.32. The molecule has 4 nitrogen and oxygen atoms in total. The van der Waals surface area contributed by atoms with Crippen LogP contribution in [0.25, 0.3) is 76.6 Å². The molecular weight excluding hydrogens is 861 g/mol. The summed E-state index contributed by atoms with van der Waals surface area (Å²) in [7, 11) is 0. The van der Waals surface area contributed by atoms with E-state index < -0.39 is 6.17 Å². The molecule has 0 radical (unpaired) electrons. The van der Waals surface area contributed by atoms with E-state index in [9.17, 15) is 0 Å². The standard InChI is InChI=1S/C21H18N2.C21H24N2.C21H16.C4H6/c22-21(23)18-6-3-5-15(13-18)16-10-11-20-17(12-16)9-8-14-4-1-2-7-19(14)20;1-4-9-16(5-2)15(3)17-10-8-11-18(14-17)21(23)19-12-6-7-13-20(19)22;1-15-5-4-7-17(13-15)18-11-12-21-19(14-18)10-9-16-6-2-3-8-20(16)21;1-3-4-2/h1-13,21H,22-23H2;4-8,10-14,20H,1-2,9,22-23H2,3H3;2-14H,1H3;3-4H,1-2H2/b;16-15+,21-19-;;. The zero-order valence-electron chi connectivity index (χ0n) is 40.9. The summed E-state index contributed by atoms with van der Waals surface area (Å²) in [6.45, 7) is 18.7. The first-order chi connectivity index (χ1) is 34.5. The van der Waals surface area contributed by atoms with Gasteiger partial charge in [0.1, 0.15) is 0 Å². The zero-order chi connectivity index (χ0) is 50.3. The fraction of sp³-hybridized carbons (Fsp3) is 0.0746. The van der Waals surface area contributed by atoms with Gasteiger partial charge in [-0.1, -0.05) is 232 Å². The predicted molar refractivity (Wildman–Crippen MR) is 311 cm³/mol. The van der Waals surface area contributed by atoms with Gasteiger partial charge in [0, 0.05) is 5.70 Å². The molecule has 1 aliphatic carbocycles. The largest absolute Gasteiger partial charge is 0.398 e. The van der Waals surface area contributed by atoms with E-state index in [0.717, 1.165) is 39.9 Å². The molecule has 4 heteroatoms. The number of rotatable bonds is 9. The van der Waals surface area contributed by atoms with Gasteiger partial charge < -0.3 is 22.9 Å². The maximum absolute atomic E-state index is 6.36. The minimum Gasteiger partial charge on any atom is -0.398 e. The van der Waals surface area contributed by atoms with Crippen molar-refractivity contribution in [2.24, 2.45) is 22.9 Å². The highest BCUT2D eigenvalue weighted by atomic mass is 14.8. The van der Waals surface area contributed by atoms with Crippen LogP contribution in [-0.4, -0.2) is 6.04 Å². The molecule has 9 aromatic rings. The van der Waals surface area contributed by atoms with Crippen LogP contribution < -0.4 is 22.9 Å². The van der Waals surface area contributed by atoms with Crippen LogP contribution >= 0.6 is 0 Å². The van der Waals surface area contributed by atoms with Crippen molar-refractivity contribution in [1.82, 2.24) is 0 Å². The fourth-order valence-corrected chi connectivity index (χ4v) is 8.78. The lowest BCUT2D eigenvalue weighted by Crippen LogP contribution is -2.23. The summed E-state index contributed by atoms with van der Waals surface area (Å²) in [5.41, 5.74) is 37.3. The maximum atomic E-state index is 6.36. The molecule has 1 unspecified atom stereocenters. The predicted octanol–water partition coefficient (Wildman–Crippen LogP) is 16.2. The highest BCUT2D eigenvalue weighted by Gasteiger charge is 2.13. The zero-order valence-corrected chi connectivity index (χ0v) is 40.9. The van der Waals surface area contributed by atoms with Crippen molar-refractivity contribution >= 4 is 54.4 Å². The number of nitrogens with two attached hydrogens (primary N) is 4. The number of fused-ring (bicyclic) bond motifs is 6. The van der Waals surface area contributed by atoms with Crippen LogP contribution in [0.2, 0.25) is 0 Å². The van der Waals surface area contributed by atoms with Crippen LogP contribution in [0.1, 0.15) is 41.8 Å². The second-order valence-electron chi connectivity index (χ2n) is 17.5. The van der Waals surface area contributed by atoms with E-state index in [1.54, 1.807) is 12.2 Å². The van der Waals surface area contributed by atoms with Gasteiger partial charge in [0.05, 0.1) is 12.2 Å². The van der Waals surface area contributed by atoms with Crippen LogP contribution in [-0.2, 0) is 0 Å². The van der Waals surface area contributed by atoms with E-state index in [1.165, 1.54) is 76.5 Å². The first-order valence-electron chi connectivity index (χ1n) is 23.9. The van der Waals surface area contributed by atoms with Gasteiger partial charge in [-0.3, -0.25) is 0 Å². The highest BCUT2D eigenvalue weighted by molar-refractivity contribution is 6.09. The number of hydrogen-bond acceptors (Lipinski definition) is 4. The van der Waals surface area contributed by atoms with Crippen molar-refractivity contribution < 1.29 is 0 Å². The van der Waals surface area contributed by atoms with Gasteiger partial charge in [-0.15, -0.1) is 6.58 Å². The van der Waals surface area contributed by atoms with E-state index in [-0.39, 0.29) is 6.04 Å². The van der Waals surface area contributed by atoms with Crippen LogP contribution in [0, 0.1) is 6.92 Å². The van der Waals surface area contributed by atoms with Crippen molar-refractivity contribution in [2.75, 3.05) is 0 Å². The molecule has 9 aromatic carbocycles. The molecule has 352 valence electrons. The number of benzene rings is 9. The third kappa shape index (κ3) is 12.5. The third-order valence-corrected chi connectivity index (χ3v) is 12.7. The van der Waals surface area contributed by atoms with E-state index >= 15 is 0 Å². The molecule has 0 amide bonds. The molecule has 0 heterocycles. The Balaban J connectivity index is 0.000000151. The number of hydrogen-bond donors (Lipinski definition) is 4. The van der Waals surface area contributed by atoms with Gasteiger partial charge in [0.25, 0.3) is 0 Å². The second kappa shape index (κ2) is 24.3. The van der Waals surface area contributed by atoms with Gasteiger partial charge >= 0.3 is 0 Å². The molecule has 10 rings (SSSR count). The molecule has 71 heavy (non-hydrogen) atoms. The summed E-state index contributed by atoms with van der Waals surface area (Å²) < 4.78 is 0. The van der Waals surface area contributed by atoms with E-state index in [4.69, 9.17) is 22.9 Å². The van der Waals surface area contributed by atoms with Crippen molar-refractivity contribution in [3.05, 3.63) is 290 Å². The van der Waals surface area contributed by atoms with Crippen molar-refractivity contribution in [1.29, 1.82) is 0 Å². The quantitative estimate of drug-likeness (QED) is 0.0501. The number of allylic oxidation sites excluding steroid dienone is 8. The Morgan fingerprint density at radius 3 is 1.61 bits per heavy atom. The molecule has 0 saturated heterocycles. The van der Waals surface area contributed by atoms with Crippen molar-refractivity contribution in [3.63, 3.8) is 0 Å². The van der Waals surface area contributed by atoms with Gasteiger partial charge in [-0.25, -0.2) is 0 Å². The second-order valence-corrected chi connectivity index (χ2v) is 17.5. The Morgan fingerprint density at radius 2 is 1.06 bits per heavy atom. The average Bonchev–Trinajstić information content (AvgIpc) is 3.42. The SMILES string of the molecule is C=CC/C(C=C)=C(\C)c1cccc(/C(N)=C2\C=CC=CC2N)c1.C=CC=C.Cc1cccc(-c2ccc3c(ccc4ccccc43)c2)c1.NC(N)c1cccc(-c2ccc3c(ccc4ccccc43)c2)c1. The van der Waals surface area contributed by atoms with Crippen molar-refractivity contribution in [3.8, 4) is 22.3 Å². The van der Waals surface area contributed by atoms with Crippen LogP contribution in [0.15, 0.2) is 268 Å². The third-order valence-electron chi connectivity index (χ3n) is 12.7. The molecule has 0 aromatic heterocycles. The Labute approximate surface area is 420 Å². The lowest BCUT2D eigenvalue weighted by atomic mass is 9.94. The molecule has 8 N–H and O–H groups in total. The van der Waals surface area contributed by atoms with Crippen molar-refractivity contribution in [2.45, 2.75) is 32.5 Å². The summed E-state index contributed by atoms with van der Waals surface area (Å²) in [6.07, 6.45) is 15.2. The molecule has 0 spiro atoms. The van der Waals surface area contributed by atoms with E-state index in [2.05, 4.69) is 198 Å². The van der Waals surface area contributed by atoms with E-state index in [0.29, 0.717) is 0 Å². The molecule has 1 atom stereocenters. The Kier molecular flexibility index (Phi) is 17.3. The van der Waals surface area contributed by atoms with E-state index in [1.807, 2.05) is 60.7 Å². The summed E-state index contributed by atoms with van der Waals surface area (Å²) >= 11 is 0. The van der Waals surface area contributed by atoms with Gasteiger partial charge in [-0.2, -0.15) is 0 Å². The smallest absolute Gasteiger partial charge is 0.0784 e. The Morgan fingerprint density at radius 1 is 0.535 bits per heavy atom. The summed E-state index contributed by atoms with van der Waals surface area (Å²) in [5, 5.41) is 10.3. The lowest BCUT2D eigenvalue weighted by Gasteiger charge is -2.16. The molecule has 0 aliphatic heterocycles. The normalized spacial score (nSPS) is 13.7. The molecule has 0 saturated carbocycles. The molecular formula is C67H64N4. The van der Waals surface area contributed by atoms with Crippen LogP contribution in [0.3, 0.4) is 0 Å². The summed E-state index contributed by atoms with van der Waals surface area (Å²) in [5.74, 6) is 0. The monoisotopic (exact) mass is 925 g/mol. The minimum atomic E-state index is -0.445. The number of aryl methyl sites for hydroxylation is 1. The molecule has 0 bridgehead atoms. The van der Waals surface area contributed by atoms with Gasteiger partial charge in [0.15, 0.2) is 0 Å². The molecule has 0 fully saturated rings. The topological polar surface area (TPSA) is 104 Å².